The van der Waals surface area contributed by atoms with Gasteiger partial charge < -0.3 is 20.4 Å². The third-order valence-electron chi connectivity index (χ3n) is 6.10. The smallest absolute Gasteiger partial charge is 0.142 e. The van der Waals surface area contributed by atoms with E-state index >= 15 is 0 Å². The Morgan fingerprint density at radius 1 is 1.34 bits per heavy atom. The molecule has 184 valence electrons. The molecule has 1 aliphatic carbocycles. The highest BCUT2D eigenvalue weighted by molar-refractivity contribution is 7.16. The molecule has 0 amide bonds. The van der Waals surface area contributed by atoms with Crippen LogP contribution in [0.1, 0.15) is 51.2 Å². The van der Waals surface area contributed by atoms with Gasteiger partial charge in [0.15, 0.2) is 0 Å². The standard InChI is InChI=1S/C28H35N5OS/c1-17(2)13-22(21-8-9-23(19(21)5)32-16-27-30-11-12-31-27)26-15-33-28(35-26)20-7-10-25(34-18(3)4)24(14-20)29-6/h7,10-15,18,23,29,32H,1,8-9,16H2,2-6H3,(H,30,31)/b22-13+. The van der Waals surface area contributed by atoms with Gasteiger partial charge in [-0.2, -0.15) is 0 Å². The second kappa shape index (κ2) is 11.1. The van der Waals surface area contributed by atoms with E-state index in [1.54, 1.807) is 17.5 Å². The van der Waals surface area contributed by atoms with Crippen LogP contribution in [0.25, 0.3) is 16.1 Å². The highest BCUT2D eigenvalue weighted by atomic mass is 32.1. The summed E-state index contributed by atoms with van der Waals surface area (Å²) in [5.74, 6) is 1.81. The van der Waals surface area contributed by atoms with Crippen molar-refractivity contribution in [3.8, 4) is 16.3 Å². The molecule has 2 aromatic heterocycles. The highest BCUT2D eigenvalue weighted by Gasteiger charge is 2.26. The van der Waals surface area contributed by atoms with Gasteiger partial charge in [0.05, 0.1) is 23.2 Å². The molecular formula is C28H35N5OS. The molecule has 0 saturated heterocycles. The normalized spacial score (nSPS) is 16.3. The Morgan fingerprint density at radius 2 is 2.17 bits per heavy atom. The molecule has 4 rings (SSSR count). The Bertz CT molecular complexity index is 1240. The number of hydrogen-bond donors (Lipinski definition) is 3. The molecule has 1 aromatic carbocycles. The fourth-order valence-electron chi connectivity index (χ4n) is 4.43. The fourth-order valence-corrected chi connectivity index (χ4v) is 5.39. The number of H-pyrrole nitrogens is 1. The summed E-state index contributed by atoms with van der Waals surface area (Å²) in [5, 5.41) is 7.90. The first kappa shape index (κ1) is 24.9. The van der Waals surface area contributed by atoms with Crippen molar-refractivity contribution in [2.24, 2.45) is 0 Å². The van der Waals surface area contributed by atoms with Crippen LogP contribution in [0, 0.1) is 0 Å². The summed E-state index contributed by atoms with van der Waals surface area (Å²) in [7, 11) is 1.92. The number of nitrogens with one attached hydrogen (secondary N) is 3. The maximum Gasteiger partial charge on any atom is 0.142 e. The first-order valence-electron chi connectivity index (χ1n) is 12.1. The minimum atomic E-state index is 0.120. The molecule has 1 unspecified atom stereocenters. The molecule has 7 heteroatoms. The Hall–Kier alpha value is -3.16. The number of allylic oxidation sites excluding steroid dienone is 4. The average Bonchev–Trinajstić information content (AvgIpc) is 3.58. The zero-order valence-corrected chi connectivity index (χ0v) is 22.1. The number of benzene rings is 1. The van der Waals surface area contributed by atoms with Gasteiger partial charge in [-0.15, -0.1) is 11.3 Å². The average molecular weight is 490 g/mol. The van der Waals surface area contributed by atoms with Crippen molar-refractivity contribution in [1.82, 2.24) is 20.3 Å². The van der Waals surface area contributed by atoms with E-state index in [1.807, 2.05) is 46.3 Å². The van der Waals surface area contributed by atoms with Gasteiger partial charge in [-0.25, -0.2) is 9.97 Å². The maximum atomic E-state index is 5.93. The summed E-state index contributed by atoms with van der Waals surface area (Å²) >= 11 is 1.72. The van der Waals surface area contributed by atoms with Crippen molar-refractivity contribution in [3.63, 3.8) is 0 Å². The van der Waals surface area contributed by atoms with Crippen molar-refractivity contribution in [2.45, 2.75) is 59.2 Å². The predicted molar refractivity (Wildman–Crippen MR) is 147 cm³/mol. The number of hydrogen-bond acceptors (Lipinski definition) is 6. The topological polar surface area (TPSA) is 74.9 Å². The van der Waals surface area contributed by atoms with Crippen LogP contribution >= 0.6 is 11.3 Å². The first-order chi connectivity index (χ1) is 16.9. The van der Waals surface area contributed by atoms with Crippen LogP contribution in [0.5, 0.6) is 5.75 Å². The highest BCUT2D eigenvalue weighted by Crippen LogP contribution is 2.41. The molecule has 1 atom stereocenters. The number of anilines is 1. The molecule has 0 aliphatic heterocycles. The SMILES string of the molecule is C=C(C)/C=C(\C1=C(C)C(NCc2ncc[nH]2)CC1)c1cnc(-c2ccc(OC(C)C)c(NC)c2)s1. The summed E-state index contributed by atoms with van der Waals surface area (Å²) in [6.45, 7) is 13.3. The molecule has 3 N–H and O–H groups in total. The summed E-state index contributed by atoms with van der Waals surface area (Å²) in [5.41, 5.74) is 7.07. The molecule has 0 spiro atoms. The van der Waals surface area contributed by atoms with Gasteiger partial charge >= 0.3 is 0 Å². The summed E-state index contributed by atoms with van der Waals surface area (Å²) in [6.07, 6.45) is 10.1. The van der Waals surface area contributed by atoms with E-state index in [9.17, 15) is 0 Å². The molecule has 2 heterocycles. The molecule has 6 nitrogen and oxygen atoms in total. The number of aromatic amines is 1. The second-order valence-electron chi connectivity index (χ2n) is 9.23. The van der Waals surface area contributed by atoms with Crippen molar-refractivity contribution >= 4 is 22.6 Å². The minimum absolute atomic E-state index is 0.120. The molecule has 0 bridgehead atoms. The maximum absolute atomic E-state index is 5.93. The summed E-state index contributed by atoms with van der Waals surface area (Å²) in [6, 6.07) is 6.55. The molecule has 0 saturated carbocycles. The number of aromatic nitrogens is 3. The number of nitrogens with zero attached hydrogens (tertiary/aromatic N) is 2. The number of rotatable bonds is 10. The van der Waals surface area contributed by atoms with E-state index in [2.05, 4.69) is 52.3 Å². The first-order valence-corrected chi connectivity index (χ1v) is 12.9. The quantitative estimate of drug-likeness (QED) is 0.280. The zero-order chi connectivity index (χ0) is 24.9. The zero-order valence-electron chi connectivity index (χ0n) is 21.2. The largest absolute Gasteiger partial charge is 0.489 e. The lowest BCUT2D eigenvalue weighted by Gasteiger charge is -2.15. The van der Waals surface area contributed by atoms with Gasteiger partial charge in [0.1, 0.15) is 16.6 Å². The van der Waals surface area contributed by atoms with Gasteiger partial charge in [-0.05, 0) is 69.9 Å². The van der Waals surface area contributed by atoms with E-state index in [0.717, 1.165) is 57.7 Å². The van der Waals surface area contributed by atoms with E-state index in [0.29, 0.717) is 6.04 Å². The van der Waals surface area contributed by atoms with Crippen LogP contribution in [0.3, 0.4) is 0 Å². The minimum Gasteiger partial charge on any atom is -0.489 e. The third kappa shape index (κ3) is 5.92. The van der Waals surface area contributed by atoms with Crippen molar-refractivity contribution in [2.75, 3.05) is 12.4 Å². The van der Waals surface area contributed by atoms with Gasteiger partial charge in [0, 0.05) is 37.2 Å². The van der Waals surface area contributed by atoms with Crippen molar-refractivity contribution in [3.05, 3.63) is 76.9 Å². The van der Waals surface area contributed by atoms with Crippen LogP contribution < -0.4 is 15.4 Å². The van der Waals surface area contributed by atoms with Crippen LogP contribution in [0.2, 0.25) is 0 Å². The molecule has 0 radical (unpaired) electrons. The molecule has 0 fully saturated rings. The van der Waals surface area contributed by atoms with Crippen LogP contribution in [-0.2, 0) is 6.54 Å². The fraction of sp³-hybridized carbons (Fsp3) is 0.357. The molecule has 1 aliphatic rings. The Labute approximate surface area is 212 Å². The van der Waals surface area contributed by atoms with Gasteiger partial charge in [0.25, 0.3) is 0 Å². The van der Waals surface area contributed by atoms with Gasteiger partial charge in [-0.1, -0.05) is 23.8 Å². The Kier molecular flexibility index (Phi) is 7.88. The molecule has 35 heavy (non-hydrogen) atoms. The van der Waals surface area contributed by atoms with E-state index < -0.39 is 0 Å². The van der Waals surface area contributed by atoms with Crippen LogP contribution in [0.15, 0.2) is 66.2 Å². The van der Waals surface area contributed by atoms with Crippen molar-refractivity contribution < 1.29 is 4.74 Å². The van der Waals surface area contributed by atoms with E-state index in [4.69, 9.17) is 9.72 Å². The van der Waals surface area contributed by atoms with Gasteiger partial charge in [0.2, 0.25) is 0 Å². The Balaban J connectivity index is 1.60. The monoisotopic (exact) mass is 489 g/mol. The predicted octanol–water partition coefficient (Wildman–Crippen LogP) is 6.59. The van der Waals surface area contributed by atoms with E-state index in [1.165, 1.54) is 16.7 Å². The molecular weight excluding hydrogens is 454 g/mol. The summed E-state index contributed by atoms with van der Waals surface area (Å²) in [4.78, 5) is 13.5. The molecule has 3 aromatic rings. The Morgan fingerprint density at radius 3 is 2.86 bits per heavy atom. The van der Waals surface area contributed by atoms with Gasteiger partial charge in [-0.3, -0.25) is 0 Å². The van der Waals surface area contributed by atoms with E-state index in [-0.39, 0.29) is 6.10 Å². The summed E-state index contributed by atoms with van der Waals surface area (Å²) < 4.78 is 5.93. The lowest BCUT2D eigenvalue weighted by atomic mass is 9.99. The number of thiazole rings is 1. The lowest BCUT2D eigenvalue weighted by molar-refractivity contribution is 0.244. The van der Waals surface area contributed by atoms with Crippen LogP contribution in [-0.4, -0.2) is 34.1 Å². The lowest BCUT2D eigenvalue weighted by Crippen LogP contribution is -2.27. The second-order valence-corrected chi connectivity index (χ2v) is 10.3. The number of imidazole rings is 1. The van der Waals surface area contributed by atoms with Crippen LogP contribution in [0.4, 0.5) is 5.69 Å². The van der Waals surface area contributed by atoms with Crippen molar-refractivity contribution in [1.29, 1.82) is 0 Å². The third-order valence-corrected chi connectivity index (χ3v) is 7.18. The number of ether oxygens (including phenoxy) is 1.